The van der Waals surface area contributed by atoms with Crippen LogP contribution < -0.4 is 10.1 Å². The molecular weight excluding hydrogens is 560 g/mol. The lowest BCUT2D eigenvalue weighted by Crippen LogP contribution is -2.49. The molecule has 230 valence electrons. The molecule has 4 heterocycles. The van der Waals surface area contributed by atoms with Crippen LogP contribution in [-0.4, -0.2) is 56.2 Å². The van der Waals surface area contributed by atoms with Gasteiger partial charge in [-0.1, -0.05) is 26.3 Å². The van der Waals surface area contributed by atoms with Gasteiger partial charge >= 0.3 is 6.01 Å². The van der Waals surface area contributed by atoms with Crippen LogP contribution in [0.25, 0.3) is 32.9 Å². The summed E-state index contributed by atoms with van der Waals surface area (Å²) in [5.74, 6) is 0.0765. The average Bonchev–Trinajstić information content (AvgIpc) is 3.48. The molecule has 9 heteroatoms. The molecule has 8 rings (SSSR count). The van der Waals surface area contributed by atoms with Crippen molar-refractivity contribution in [3.8, 4) is 23.0 Å². The number of rotatable bonds is 7. The molecule has 2 atom stereocenters. The van der Waals surface area contributed by atoms with E-state index in [4.69, 9.17) is 9.72 Å². The summed E-state index contributed by atoms with van der Waals surface area (Å²) in [7, 11) is 0. The number of pyridine rings is 1. The standard InChI is InChI=1S/C35H39F2N5O2/c1-3-24-27(36)7-6-21-12-23(43)13-25(28(21)24)30-29(37)31-26(17-38-30)32(39-22-15-34(16-22)8-4-9-34)41-33(40-31)44-19-35-10-5-11-42(35)18-20(2)14-35/h6-7,12-13,17,20,22,43H,3-5,8-11,14-16,18-19H2,1-2H3,(H,39,40,41)/t20-,35+/m1/s1. The molecule has 4 aromatic rings. The average molecular weight is 600 g/mol. The number of aryl methyl sites for hydroxylation is 1. The fourth-order valence-electron chi connectivity index (χ4n) is 8.82. The molecule has 7 nitrogen and oxygen atoms in total. The summed E-state index contributed by atoms with van der Waals surface area (Å²) in [4.78, 5) is 16.5. The van der Waals surface area contributed by atoms with Crippen molar-refractivity contribution in [1.29, 1.82) is 0 Å². The van der Waals surface area contributed by atoms with Gasteiger partial charge in [-0.3, -0.25) is 9.88 Å². The smallest absolute Gasteiger partial charge is 0.319 e. The van der Waals surface area contributed by atoms with Crippen LogP contribution in [0.15, 0.2) is 30.5 Å². The lowest BCUT2D eigenvalue weighted by molar-refractivity contribution is 0.0191. The second kappa shape index (κ2) is 10.2. The summed E-state index contributed by atoms with van der Waals surface area (Å²) >= 11 is 0. The van der Waals surface area contributed by atoms with E-state index in [1.807, 2.05) is 6.92 Å². The van der Waals surface area contributed by atoms with Gasteiger partial charge in [-0.15, -0.1) is 0 Å². The maximum atomic E-state index is 16.7. The van der Waals surface area contributed by atoms with E-state index in [0.717, 1.165) is 45.2 Å². The van der Waals surface area contributed by atoms with Crippen molar-refractivity contribution in [2.75, 3.05) is 25.0 Å². The number of nitrogens with one attached hydrogen (secondary N) is 1. The zero-order valence-corrected chi connectivity index (χ0v) is 25.4. The van der Waals surface area contributed by atoms with Crippen molar-refractivity contribution < 1.29 is 18.6 Å². The highest BCUT2D eigenvalue weighted by molar-refractivity contribution is 6.01. The number of fused-ring (bicyclic) bond motifs is 3. The van der Waals surface area contributed by atoms with Crippen LogP contribution in [0.3, 0.4) is 0 Å². The Morgan fingerprint density at radius 2 is 1.93 bits per heavy atom. The third-order valence-electron chi connectivity index (χ3n) is 11.0. The highest BCUT2D eigenvalue weighted by Gasteiger charge is 2.49. The number of ether oxygens (including phenoxy) is 1. The van der Waals surface area contributed by atoms with E-state index in [9.17, 15) is 9.50 Å². The SMILES string of the molecule is CCc1c(F)ccc2cc(O)cc(-c3ncc4c(NC5CC6(CCC6)C5)nc(OC[C@@]56CCCN5C[C@H](C)C6)nc4c3F)c12. The number of hydrogen-bond acceptors (Lipinski definition) is 7. The van der Waals surface area contributed by atoms with E-state index < -0.39 is 5.82 Å². The van der Waals surface area contributed by atoms with Crippen LogP contribution in [0.5, 0.6) is 11.8 Å². The molecule has 2 N–H and O–H groups in total. The van der Waals surface area contributed by atoms with Crippen LogP contribution >= 0.6 is 0 Å². The van der Waals surface area contributed by atoms with Crippen molar-refractivity contribution >= 4 is 27.5 Å². The first-order valence-electron chi connectivity index (χ1n) is 16.2. The summed E-state index contributed by atoms with van der Waals surface area (Å²) < 4.78 is 38.0. The van der Waals surface area contributed by atoms with E-state index in [1.165, 1.54) is 31.4 Å². The Balaban J connectivity index is 1.22. The van der Waals surface area contributed by atoms with Gasteiger partial charge in [-0.2, -0.15) is 9.97 Å². The normalized spacial score (nSPS) is 24.5. The monoisotopic (exact) mass is 599 g/mol. The van der Waals surface area contributed by atoms with Gasteiger partial charge in [0.05, 0.1) is 10.9 Å². The molecule has 0 bridgehead atoms. The predicted molar refractivity (Wildman–Crippen MR) is 167 cm³/mol. The lowest BCUT2D eigenvalue weighted by atomic mass is 9.54. The molecular formula is C35H39F2N5O2. The Hall–Kier alpha value is -3.59. The van der Waals surface area contributed by atoms with E-state index in [2.05, 4.69) is 27.1 Å². The molecule has 2 saturated carbocycles. The molecule has 2 saturated heterocycles. The van der Waals surface area contributed by atoms with Crippen LogP contribution in [0.2, 0.25) is 0 Å². The minimum absolute atomic E-state index is 0.0107. The quantitative estimate of drug-likeness (QED) is 0.229. The number of hydrogen-bond donors (Lipinski definition) is 2. The highest BCUT2D eigenvalue weighted by atomic mass is 19.1. The summed E-state index contributed by atoms with van der Waals surface area (Å²) in [6.07, 6.45) is 11.3. The van der Waals surface area contributed by atoms with Crippen molar-refractivity contribution in [3.63, 3.8) is 0 Å². The van der Waals surface area contributed by atoms with Gasteiger partial charge in [-0.25, -0.2) is 8.78 Å². The fraction of sp³-hybridized carbons (Fsp3) is 0.514. The van der Waals surface area contributed by atoms with Crippen molar-refractivity contribution in [2.24, 2.45) is 11.3 Å². The molecule has 1 spiro atoms. The van der Waals surface area contributed by atoms with Gasteiger partial charge < -0.3 is 15.2 Å². The minimum atomic E-state index is -0.643. The Morgan fingerprint density at radius 1 is 1.09 bits per heavy atom. The first-order valence-corrected chi connectivity index (χ1v) is 16.2. The number of benzene rings is 2. The molecule has 2 aliphatic carbocycles. The van der Waals surface area contributed by atoms with Crippen LogP contribution in [0.1, 0.15) is 70.8 Å². The Labute approximate surface area is 256 Å². The van der Waals surface area contributed by atoms with Gasteiger partial charge in [-0.05, 0) is 104 Å². The molecule has 0 unspecified atom stereocenters. The topological polar surface area (TPSA) is 83.4 Å². The van der Waals surface area contributed by atoms with Gasteiger partial charge in [0.1, 0.15) is 35.2 Å². The zero-order valence-electron chi connectivity index (χ0n) is 25.4. The number of aromatic nitrogens is 3. The second-order valence-corrected chi connectivity index (χ2v) is 14.0. The lowest BCUT2D eigenvalue weighted by Gasteiger charge is -2.54. The number of aromatic hydroxyl groups is 1. The molecule has 0 radical (unpaired) electrons. The maximum Gasteiger partial charge on any atom is 0.319 e. The second-order valence-electron chi connectivity index (χ2n) is 14.0. The number of nitrogens with zero attached hydrogens (tertiary/aromatic N) is 4. The van der Waals surface area contributed by atoms with Crippen molar-refractivity contribution in [2.45, 2.75) is 83.2 Å². The van der Waals surface area contributed by atoms with Gasteiger partial charge in [0, 0.05) is 24.3 Å². The first-order chi connectivity index (χ1) is 21.3. The van der Waals surface area contributed by atoms with Gasteiger partial charge in [0.15, 0.2) is 5.82 Å². The number of anilines is 1. The predicted octanol–water partition coefficient (Wildman–Crippen LogP) is 7.39. The van der Waals surface area contributed by atoms with Gasteiger partial charge in [0.2, 0.25) is 0 Å². The van der Waals surface area contributed by atoms with E-state index in [1.54, 1.807) is 18.3 Å². The fourth-order valence-corrected chi connectivity index (χ4v) is 8.82. The Morgan fingerprint density at radius 3 is 2.70 bits per heavy atom. The first kappa shape index (κ1) is 27.9. The maximum absolute atomic E-state index is 16.7. The molecule has 44 heavy (non-hydrogen) atoms. The molecule has 4 aliphatic rings. The van der Waals surface area contributed by atoms with Crippen LogP contribution in [0.4, 0.5) is 14.6 Å². The Bertz CT molecular complexity index is 1790. The number of phenolic OH excluding ortho intramolecular Hbond substituents is 1. The van der Waals surface area contributed by atoms with Crippen LogP contribution in [-0.2, 0) is 6.42 Å². The minimum Gasteiger partial charge on any atom is -0.508 e. The summed E-state index contributed by atoms with van der Waals surface area (Å²) in [6.45, 7) is 6.75. The van der Waals surface area contributed by atoms with Gasteiger partial charge in [0.25, 0.3) is 0 Å². The number of phenols is 1. The molecule has 0 amide bonds. The summed E-state index contributed by atoms with van der Waals surface area (Å²) in [5, 5.41) is 15.8. The molecule has 2 aliphatic heterocycles. The largest absolute Gasteiger partial charge is 0.508 e. The van der Waals surface area contributed by atoms with E-state index >= 15 is 4.39 Å². The molecule has 4 fully saturated rings. The summed E-state index contributed by atoms with van der Waals surface area (Å²) in [5.41, 5.74) is 1.33. The van der Waals surface area contributed by atoms with Crippen molar-refractivity contribution in [1.82, 2.24) is 19.9 Å². The Kier molecular flexibility index (Phi) is 6.49. The molecule has 2 aromatic heterocycles. The highest BCUT2D eigenvalue weighted by Crippen LogP contribution is 2.56. The third-order valence-corrected chi connectivity index (χ3v) is 11.0. The van der Waals surface area contributed by atoms with Crippen molar-refractivity contribution in [3.05, 3.63) is 47.7 Å². The van der Waals surface area contributed by atoms with E-state index in [-0.39, 0.29) is 40.4 Å². The van der Waals surface area contributed by atoms with E-state index in [0.29, 0.717) is 57.5 Å². The zero-order chi connectivity index (χ0) is 30.2. The summed E-state index contributed by atoms with van der Waals surface area (Å²) in [6, 6.07) is 6.41. The van der Waals surface area contributed by atoms with Crippen LogP contribution in [0, 0.1) is 23.0 Å². The third kappa shape index (κ3) is 4.41. The number of halogens is 2. The molecule has 2 aromatic carbocycles.